The van der Waals surface area contributed by atoms with Crippen molar-refractivity contribution in [2.75, 3.05) is 13.1 Å². The number of hydrogen-bond donors (Lipinski definition) is 2. The van der Waals surface area contributed by atoms with E-state index in [4.69, 9.17) is 0 Å². The van der Waals surface area contributed by atoms with E-state index in [9.17, 15) is 4.79 Å². The minimum Gasteiger partial charge on any atom is -0.355 e. The Labute approximate surface area is 99.4 Å². The second-order valence-electron chi connectivity index (χ2n) is 5.93. The maximum absolute atomic E-state index is 11.7. The van der Waals surface area contributed by atoms with E-state index in [0.717, 1.165) is 25.9 Å². The largest absolute Gasteiger partial charge is 0.355 e. The average Bonchev–Trinajstić information content (AvgIpc) is 2.24. The van der Waals surface area contributed by atoms with Crippen LogP contribution >= 0.6 is 0 Å². The summed E-state index contributed by atoms with van der Waals surface area (Å²) < 4.78 is 0. The number of rotatable bonds is 4. The molecule has 94 valence electrons. The molecule has 1 fully saturated rings. The van der Waals surface area contributed by atoms with E-state index in [1.54, 1.807) is 0 Å². The van der Waals surface area contributed by atoms with E-state index < -0.39 is 0 Å². The smallest absolute Gasteiger partial charge is 0.221 e. The molecule has 0 aromatic heterocycles. The molecule has 0 aromatic carbocycles. The van der Waals surface area contributed by atoms with E-state index >= 15 is 0 Å². The fourth-order valence-electron chi connectivity index (χ4n) is 2.90. The van der Waals surface area contributed by atoms with E-state index in [1.165, 1.54) is 0 Å². The highest BCUT2D eigenvalue weighted by Gasteiger charge is 2.34. The van der Waals surface area contributed by atoms with Gasteiger partial charge in [-0.1, -0.05) is 27.7 Å². The zero-order valence-electron chi connectivity index (χ0n) is 11.1. The first-order valence-electron chi connectivity index (χ1n) is 6.45. The van der Waals surface area contributed by atoms with Crippen LogP contribution in [0, 0.1) is 11.8 Å². The molecule has 0 saturated carbocycles. The Morgan fingerprint density at radius 1 is 1.12 bits per heavy atom. The molecule has 0 atom stereocenters. The lowest BCUT2D eigenvalue weighted by Crippen LogP contribution is -2.48. The number of amides is 1. The molecule has 0 aliphatic carbocycles. The Bertz CT molecular complexity index is 226. The molecule has 1 rings (SSSR count). The van der Waals surface area contributed by atoms with Crippen LogP contribution < -0.4 is 10.6 Å². The molecule has 1 saturated heterocycles. The van der Waals surface area contributed by atoms with Crippen molar-refractivity contribution in [2.24, 2.45) is 11.8 Å². The summed E-state index contributed by atoms with van der Waals surface area (Å²) in [5, 5.41) is 6.55. The van der Waals surface area contributed by atoms with Gasteiger partial charge in [-0.3, -0.25) is 4.79 Å². The Morgan fingerprint density at radius 3 is 2.19 bits per heavy atom. The Morgan fingerprint density at radius 2 is 1.69 bits per heavy atom. The van der Waals surface area contributed by atoms with Crippen LogP contribution in [0.5, 0.6) is 0 Å². The zero-order valence-corrected chi connectivity index (χ0v) is 11.1. The first-order valence-corrected chi connectivity index (χ1v) is 6.45. The second kappa shape index (κ2) is 5.67. The molecule has 0 bridgehead atoms. The summed E-state index contributed by atoms with van der Waals surface area (Å²) in [7, 11) is 0. The third-order valence-corrected chi connectivity index (χ3v) is 3.04. The van der Waals surface area contributed by atoms with Crippen molar-refractivity contribution in [2.45, 2.75) is 52.5 Å². The molecule has 0 radical (unpaired) electrons. The fourth-order valence-corrected chi connectivity index (χ4v) is 2.90. The van der Waals surface area contributed by atoms with Crippen molar-refractivity contribution in [1.29, 1.82) is 0 Å². The molecule has 1 heterocycles. The van der Waals surface area contributed by atoms with Crippen LogP contribution in [0.3, 0.4) is 0 Å². The fraction of sp³-hybridized carbons (Fsp3) is 0.923. The lowest BCUT2D eigenvalue weighted by Gasteiger charge is -2.36. The summed E-state index contributed by atoms with van der Waals surface area (Å²) >= 11 is 0. The summed E-state index contributed by atoms with van der Waals surface area (Å²) in [4.78, 5) is 11.7. The van der Waals surface area contributed by atoms with Gasteiger partial charge in [0.05, 0.1) is 0 Å². The van der Waals surface area contributed by atoms with Crippen molar-refractivity contribution in [1.82, 2.24) is 10.6 Å². The van der Waals surface area contributed by atoms with Crippen molar-refractivity contribution >= 4 is 5.91 Å². The van der Waals surface area contributed by atoms with E-state index in [1.807, 2.05) is 0 Å². The van der Waals surface area contributed by atoms with Crippen LogP contribution in [-0.4, -0.2) is 24.5 Å². The monoisotopic (exact) mass is 226 g/mol. The van der Waals surface area contributed by atoms with E-state index in [0.29, 0.717) is 18.3 Å². The van der Waals surface area contributed by atoms with Crippen LogP contribution in [0.15, 0.2) is 0 Å². The minimum absolute atomic E-state index is 0.0168. The highest BCUT2D eigenvalue weighted by molar-refractivity contribution is 5.77. The molecular formula is C13H26N2O. The standard InChI is InChI=1S/C13H26N2O/c1-10(2)7-13(8-11(3)4)9-12(16)14-5-6-15-13/h10-11,15H,5-9H2,1-4H3,(H,14,16). The molecule has 3 nitrogen and oxygen atoms in total. The third-order valence-electron chi connectivity index (χ3n) is 3.04. The van der Waals surface area contributed by atoms with Gasteiger partial charge in [0.2, 0.25) is 5.91 Å². The number of hydrogen-bond acceptors (Lipinski definition) is 2. The van der Waals surface area contributed by atoms with E-state index in [-0.39, 0.29) is 11.4 Å². The van der Waals surface area contributed by atoms with Gasteiger partial charge in [0.25, 0.3) is 0 Å². The van der Waals surface area contributed by atoms with Crippen molar-refractivity contribution < 1.29 is 4.79 Å². The number of carbonyl (C=O) groups excluding carboxylic acids is 1. The highest BCUT2D eigenvalue weighted by Crippen LogP contribution is 2.29. The van der Waals surface area contributed by atoms with Crippen molar-refractivity contribution in [3.05, 3.63) is 0 Å². The predicted molar refractivity (Wildman–Crippen MR) is 67.3 cm³/mol. The molecule has 1 aliphatic rings. The topological polar surface area (TPSA) is 41.1 Å². The third kappa shape index (κ3) is 4.12. The highest BCUT2D eigenvalue weighted by atomic mass is 16.1. The molecule has 16 heavy (non-hydrogen) atoms. The van der Waals surface area contributed by atoms with Crippen LogP contribution in [0.4, 0.5) is 0 Å². The summed E-state index contributed by atoms with van der Waals surface area (Å²) in [5.74, 6) is 1.44. The van der Waals surface area contributed by atoms with Gasteiger partial charge in [-0.2, -0.15) is 0 Å². The van der Waals surface area contributed by atoms with Crippen LogP contribution in [0.2, 0.25) is 0 Å². The molecule has 3 heteroatoms. The van der Waals surface area contributed by atoms with Crippen molar-refractivity contribution in [3.63, 3.8) is 0 Å². The molecule has 0 unspecified atom stereocenters. The summed E-state index contributed by atoms with van der Waals surface area (Å²) in [6, 6.07) is 0. The summed E-state index contributed by atoms with van der Waals surface area (Å²) in [5.41, 5.74) is 0.0168. The predicted octanol–water partition coefficient (Wildman–Crippen LogP) is 1.93. The average molecular weight is 226 g/mol. The summed E-state index contributed by atoms with van der Waals surface area (Å²) in [6.45, 7) is 10.6. The van der Waals surface area contributed by atoms with Gasteiger partial charge in [-0.15, -0.1) is 0 Å². The molecule has 0 aromatic rings. The van der Waals surface area contributed by atoms with Crippen LogP contribution in [0.1, 0.15) is 47.0 Å². The van der Waals surface area contributed by atoms with Gasteiger partial charge in [0.15, 0.2) is 0 Å². The van der Waals surface area contributed by atoms with Gasteiger partial charge < -0.3 is 10.6 Å². The maximum atomic E-state index is 11.7. The number of nitrogens with one attached hydrogen (secondary N) is 2. The molecule has 2 N–H and O–H groups in total. The quantitative estimate of drug-likeness (QED) is 0.769. The molecular weight excluding hydrogens is 200 g/mol. The number of carbonyl (C=O) groups is 1. The van der Waals surface area contributed by atoms with Crippen LogP contribution in [-0.2, 0) is 4.79 Å². The summed E-state index contributed by atoms with van der Waals surface area (Å²) in [6.07, 6.45) is 2.79. The second-order valence-corrected chi connectivity index (χ2v) is 5.93. The van der Waals surface area contributed by atoms with Gasteiger partial charge in [-0.05, 0) is 24.7 Å². The zero-order chi connectivity index (χ0) is 12.2. The Balaban J connectivity index is 2.77. The van der Waals surface area contributed by atoms with Gasteiger partial charge in [-0.25, -0.2) is 0 Å². The maximum Gasteiger partial charge on any atom is 0.221 e. The lowest BCUT2D eigenvalue weighted by atomic mass is 9.79. The Kier molecular flexibility index (Phi) is 4.78. The molecule has 1 amide bonds. The normalized spacial score (nSPS) is 21.0. The van der Waals surface area contributed by atoms with E-state index in [2.05, 4.69) is 38.3 Å². The van der Waals surface area contributed by atoms with Gasteiger partial charge in [0.1, 0.15) is 0 Å². The first-order chi connectivity index (χ1) is 7.43. The SMILES string of the molecule is CC(C)CC1(CC(C)C)CC(=O)NCCN1. The van der Waals surface area contributed by atoms with Crippen LogP contribution in [0.25, 0.3) is 0 Å². The van der Waals surface area contributed by atoms with Gasteiger partial charge >= 0.3 is 0 Å². The first kappa shape index (κ1) is 13.5. The molecule has 1 aliphatic heterocycles. The lowest BCUT2D eigenvalue weighted by molar-refractivity contribution is -0.122. The minimum atomic E-state index is 0.0168. The Hall–Kier alpha value is -0.570. The molecule has 0 spiro atoms. The van der Waals surface area contributed by atoms with Gasteiger partial charge in [0, 0.05) is 25.0 Å². The van der Waals surface area contributed by atoms with Crippen molar-refractivity contribution in [3.8, 4) is 0 Å².